The summed E-state index contributed by atoms with van der Waals surface area (Å²) in [6.07, 6.45) is 6.92. The van der Waals surface area contributed by atoms with E-state index in [2.05, 4.69) is 36.6 Å². The number of rotatable bonds is 4. The minimum Gasteiger partial charge on any atom is -0.325 e. The van der Waals surface area contributed by atoms with Crippen molar-refractivity contribution >= 4 is 0 Å². The van der Waals surface area contributed by atoms with Gasteiger partial charge in [0.05, 0.1) is 5.69 Å². The van der Waals surface area contributed by atoms with Crippen molar-refractivity contribution in [3.05, 3.63) is 17.5 Å². The topological polar surface area (TPSA) is 43.8 Å². The quantitative estimate of drug-likeness (QED) is 0.891. The van der Waals surface area contributed by atoms with E-state index in [-0.39, 0.29) is 5.54 Å². The molecule has 2 rings (SSSR count). The summed E-state index contributed by atoms with van der Waals surface area (Å²) in [5.74, 6) is 0.771. The Morgan fingerprint density at radius 2 is 2.28 bits per heavy atom. The van der Waals surface area contributed by atoms with Gasteiger partial charge >= 0.3 is 0 Å². The van der Waals surface area contributed by atoms with Crippen molar-refractivity contribution in [1.29, 1.82) is 0 Å². The lowest BCUT2D eigenvalue weighted by Gasteiger charge is -2.37. The molecule has 0 bridgehead atoms. The molecule has 1 fully saturated rings. The van der Waals surface area contributed by atoms with Gasteiger partial charge in [-0.2, -0.15) is 5.10 Å². The van der Waals surface area contributed by atoms with Crippen molar-refractivity contribution in [3.63, 3.8) is 0 Å². The van der Waals surface area contributed by atoms with Gasteiger partial charge in [0.15, 0.2) is 0 Å². The van der Waals surface area contributed by atoms with Crippen LogP contribution in [-0.4, -0.2) is 15.3 Å². The first-order valence-corrected chi connectivity index (χ1v) is 7.41. The molecule has 0 saturated heterocycles. The van der Waals surface area contributed by atoms with Gasteiger partial charge in [-0.05, 0) is 38.2 Å². The Labute approximate surface area is 111 Å². The summed E-state index contributed by atoms with van der Waals surface area (Å²) in [5, 5.41) is 4.62. The minimum atomic E-state index is -0.00433. The maximum atomic E-state index is 6.61. The molecule has 102 valence electrons. The van der Waals surface area contributed by atoms with E-state index in [0.717, 1.165) is 38.1 Å². The average Bonchev–Trinajstić information content (AvgIpc) is 2.70. The molecule has 0 amide bonds. The Kier molecular flexibility index (Phi) is 4.10. The van der Waals surface area contributed by atoms with Crippen molar-refractivity contribution in [2.75, 3.05) is 0 Å². The lowest BCUT2D eigenvalue weighted by atomic mass is 9.74. The third-order valence-electron chi connectivity index (χ3n) is 4.24. The van der Waals surface area contributed by atoms with Crippen molar-refractivity contribution in [2.45, 2.75) is 71.4 Å². The number of hydrogen-bond acceptors (Lipinski definition) is 2. The van der Waals surface area contributed by atoms with Crippen LogP contribution in [0.3, 0.4) is 0 Å². The van der Waals surface area contributed by atoms with E-state index < -0.39 is 0 Å². The summed E-state index contributed by atoms with van der Waals surface area (Å²) in [5.41, 5.74) is 9.13. The Morgan fingerprint density at radius 3 is 2.89 bits per heavy atom. The second-order valence-corrected chi connectivity index (χ2v) is 6.04. The van der Waals surface area contributed by atoms with Crippen LogP contribution in [0, 0.1) is 5.92 Å². The molecular weight excluding hydrogens is 222 g/mol. The van der Waals surface area contributed by atoms with E-state index in [1.165, 1.54) is 24.2 Å². The highest BCUT2D eigenvalue weighted by atomic mass is 15.3. The van der Waals surface area contributed by atoms with Gasteiger partial charge in [-0.3, -0.25) is 4.68 Å². The standard InChI is InChI=1S/C15H27N3/c1-4-13-9-14(18(5-2)17-13)11-15(16)8-6-7-12(3)10-15/h9,12H,4-8,10-11,16H2,1-3H3. The van der Waals surface area contributed by atoms with E-state index in [4.69, 9.17) is 5.73 Å². The maximum Gasteiger partial charge on any atom is 0.0624 e. The molecule has 1 aromatic rings. The highest BCUT2D eigenvalue weighted by Crippen LogP contribution is 2.33. The van der Waals surface area contributed by atoms with Gasteiger partial charge in [-0.1, -0.05) is 26.7 Å². The second kappa shape index (κ2) is 5.43. The predicted octanol–water partition coefficient (Wildman–Crippen LogP) is 2.92. The summed E-state index contributed by atoms with van der Waals surface area (Å²) in [4.78, 5) is 0. The minimum absolute atomic E-state index is 0.00433. The molecule has 0 radical (unpaired) electrons. The molecule has 3 heteroatoms. The fraction of sp³-hybridized carbons (Fsp3) is 0.800. The molecule has 1 aliphatic rings. The smallest absolute Gasteiger partial charge is 0.0624 e. The van der Waals surface area contributed by atoms with Gasteiger partial charge < -0.3 is 5.73 Å². The summed E-state index contributed by atoms with van der Waals surface area (Å²) in [6, 6.07) is 2.25. The van der Waals surface area contributed by atoms with Crippen LogP contribution < -0.4 is 5.73 Å². The van der Waals surface area contributed by atoms with E-state index in [1.807, 2.05) is 0 Å². The van der Waals surface area contributed by atoms with Gasteiger partial charge in [0, 0.05) is 24.2 Å². The van der Waals surface area contributed by atoms with Gasteiger partial charge in [-0.25, -0.2) is 0 Å². The van der Waals surface area contributed by atoms with Crippen molar-refractivity contribution in [3.8, 4) is 0 Å². The van der Waals surface area contributed by atoms with Crippen LogP contribution in [0.15, 0.2) is 6.07 Å². The molecular formula is C15H27N3. The molecule has 1 aromatic heterocycles. The first kappa shape index (κ1) is 13.6. The highest BCUT2D eigenvalue weighted by Gasteiger charge is 2.32. The van der Waals surface area contributed by atoms with Crippen LogP contribution in [0.2, 0.25) is 0 Å². The molecule has 2 atom stereocenters. The zero-order valence-corrected chi connectivity index (χ0v) is 12.1. The predicted molar refractivity (Wildman–Crippen MR) is 75.5 cm³/mol. The largest absolute Gasteiger partial charge is 0.325 e. The van der Waals surface area contributed by atoms with Gasteiger partial charge in [0.1, 0.15) is 0 Å². The van der Waals surface area contributed by atoms with Crippen LogP contribution in [0.5, 0.6) is 0 Å². The Balaban J connectivity index is 2.14. The van der Waals surface area contributed by atoms with Crippen LogP contribution in [0.25, 0.3) is 0 Å². The first-order valence-electron chi connectivity index (χ1n) is 7.41. The molecule has 0 spiro atoms. The van der Waals surface area contributed by atoms with Crippen LogP contribution >= 0.6 is 0 Å². The number of aryl methyl sites for hydroxylation is 2. The van der Waals surface area contributed by atoms with E-state index >= 15 is 0 Å². The summed E-state index contributed by atoms with van der Waals surface area (Å²) in [6.45, 7) is 7.59. The number of nitrogens with two attached hydrogens (primary N) is 1. The van der Waals surface area contributed by atoms with Crippen LogP contribution in [-0.2, 0) is 19.4 Å². The number of nitrogens with zero attached hydrogens (tertiary/aromatic N) is 2. The third-order valence-corrected chi connectivity index (χ3v) is 4.24. The molecule has 0 aliphatic heterocycles. The molecule has 1 aliphatic carbocycles. The fourth-order valence-corrected chi connectivity index (χ4v) is 3.33. The summed E-state index contributed by atoms with van der Waals surface area (Å²) < 4.78 is 2.13. The summed E-state index contributed by atoms with van der Waals surface area (Å²) >= 11 is 0. The van der Waals surface area contributed by atoms with Gasteiger partial charge in [0.25, 0.3) is 0 Å². The molecule has 2 N–H and O–H groups in total. The monoisotopic (exact) mass is 249 g/mol. The third kappa shape index (κ3) is 2.94. The maximum absolute atomic E-state index is 6.61. The Morgan fingerprint density at radius 1 is 1.50 bits per heavy atom. The number of hydrogen-bond donors (Lipinski definition) is 1. The highest BCUT2D eigenvalue weighted by molar-refractivity contribution is 5.14. The Bertz CT molecular complexity index is 396. The molecule has 0 aromatic carbocycles. The van der Waals surface area contributed by atoms with E-state index in [1.54, 1.807) is 0 Å². The van der Waals surface area contributed by atoms with Crippen molar-refractivity contribution in [1.82, 2.24) is 9.78 Å². The molecule has 2 unspecified atom stereocenters. The zero-order valence-electron chi connectivity index (χ0n) is 12.1. The van der Waals surface area contributed by atoms with Crippen molar-refractivity contribution in [2.24, 2.45) is 11.7 Å². The summed E-state index contributed by atoms with van der Waals surface area (Å²) in [7, 11) is 0. The normalized spacial score (nSPS) is 28.6. The van der Waals surface area contributed by atoms with Crippen molar-refractivity contribution < 1.29 is 0 Å². The zero-order chi connectivity index (χ0) is 13.2. The van der Waals surface area contributed by atoms with E-state index in [0.29, 0.717) is 0 Å². The number of aromatic nitrogens is 2. The molecule has 3 nitrogen and oxygen atoms in total. The van der Waals surface area contributed by atoms with Crippen LogP contribution in [0.4, 0.5) is 0 Å². The van der Waals surface area contributed by atoms with Gasteiger partial charge in [0.2, 0.25) is 0 Å². The lowest BCUT2D eigenvalue weighted by molar-refractivity contribution is 0.231. The Hall–Kier alpha value is -0.830. The van der Waals surface area contributed by atoms with Gasteiger partial charge in [-0.15, -0.1) is 0 Å². The molecule has 18 heavy (non-hydrogen) atoms. The first-order chi connectivity index (χ1) is 8.56. The lowest BCUT2D eigenvalue weighted by Crippen LogP contribution is -2.46. The van der Waals surface area contributed by atoms with Crippen LogP contribution in [0.1, 0.15) is 57.8 Å². The average molecular weight is 249 g/mol. The SMILES string of the molecule is CCc1cc(CC2(N)CCCC(C)C2)n(CC)n1. The second-order valence-electron chi connectivity index (χ2n) is 6.04. The molecule has 1 heterocycles. The fourth-order valence-electron chi connectivity index (χ4n) is 3.33. The van der Waals surface area contributed by atoms with E-state index in [9.17, 15) is 0 Å². The molecule has 1 saturated carbocycles.